The summed E-state index contributed by atoms with van der Waals surface area (Å²) in [6.07, 6.45) is 0. The number of fused-ring (bicyclic) bond motifs is 6. The Hall–Kier alpha value is -2.59. The van der Waals surface area contributed by atoms with Crippen LogP contribution >= 0.6 is 22.6 Å². The van der Waals surface area contributed by atoms with Gasteiger partial charge >= 0.3 is 0 Å². The zero-order valence-electron chi connectivity index (χ0n) is 13.9. The molecule has 0 bridgehead atoms. The van der Waals surface area contributed by atoms with Gasteiger partial charge in [0, 0.05) is 25.1 Å². The van der Waals surface area contributed by atoms with Crippen LogP contribution in [-0.2, 0) is 0 Å². The third kappa shape index (κ3) is 1.85. The number of para-hydroxylation sites is 2. The third-order valence-corrected chi connectivity index (χ3v) is 6.03. The van der Waals surface area contributed by atoms with Crippen molar-refractivity contribution in [2.24, 2.45) is 0 Å². The van der Waals surface area contributed by atoms with Gasteiger partial charge in [-0.3, -0.25) is 0 Å². The van der Waals surface area contributed by atoms with Gasteiger partial charge in [0.2, 0.25) is 0 Å². The molecular formula is C24H14IN. The largest absolute Gasteiger partial charge is 0.308 e. The van der Waals surface area contributed by atoms with Crippen LogP contribution in [0.2, 0.25) is 0 Å². The molecule has 122 valence electrons. The number of rotatable bonds is 1. The lowest BCUT2D eigenvalue weighted by atomic mass is 9.99. The van der Waals surface area contributed by atoms with E-state index in [1.165, 1.54) is 52.8 Å². The monoisotopic (exact) mass is 443 g/mol. The molecule has 0 fully saturated rings. The first-order chi connectivity index (χ1) is 12.8. The lowest BCUT2D eigenvalue weighted by Crippen LogP contribution is -1.80. The van der Waals surface area contributed by atoms with Crippen molar-refractivity contribution in [3.8, 4) is 11.1 Å². The highest BCUT2D eigenvalue weighted by atomic mass is 127. The summed E-state index contributed by atoms with van der Waals surface area (Å²) in [5.41, 5.74) is 6.46. The van der Waals surface area contributed by atoms with Crippen molar-refractivity contribution >= 4 is 60.7 Å². The zero-order chi connectivity index (χ0) is 17.3. The van der Waals surface area contributed by atoms with E-state index in [9.17, 15) is 0 Å². The van der Waals surface area contributed by atoms with Crippen LogP contribution in [0.4, 0.5) is 0 Å². The zero-order valence-corrected chi connectivity index (χ0v) is 16.1. The highest BCUT2D eigenvalue weighted by Gasteiger charge is 2.18. The van der Waals surface area contributed by atoms with Crippen LogP contribution in [0.25, 0.3) is 49.2 Å². The summed E-state index contributed by atoms with van der Waals surface area (Å²) in [6.45, 7) is 0. The Morgan fingerprint density at radius 3 is 1.77 bits per heavy atom. The van der Waals surface area contributed by atoms with Crippen molar-refractivity contribution in [1.29, 1.82) is 0 Å². The molecule has 6 rings (SSSR count). The first-order valence-electron chi connectivity index (χ1n) is 8.74. The standard InChI is InChI=1S/C24H14IN/c25-17-7-5-6-15(12-17)16-13-20-18-8-1-3-10-22(18)26-23-11-4-2-9-19(23)21(14-16)24(20)26/h1-14H. The number of aromatic nitrogens is 1. The van der Waals surface area contributed by atoms with Gasteiger partial charge < -0.3 is 4.40 Å². The van der Waals surface area contributed by atoms with Crippen LogP contribution in [-0.4, -0.2) is 4.40 Å². The van der Waals surface area contributed by atoms with Gasteiger partial charge in [-0.05, 0) is 70.1 Å². The molecule has 0 atom stereocenters. The molecule has 0 unspecified atom stereocenters. The predicted octanol–water partition coefficient (Wildman–Crippen LogP) is 7.11. The Labute approximate surface area is 164 Å². The fourth-order valence-electron chi connectivity index (χ4n) is 4.28. The lowest BCUT2D eigenvalue weighted by molar-refractivity contribution is 1.37. The minimum absolute atomic E-state index is 1.26. The van der Waals surface area contributed by atoms with Gasteiger partial charge in [0.15, 0.2) is 0 Å². The molecule has 0 aliphatic rings. The number of nitrogens with zero attached hydrogens (tertiary/aromatic N) is 1. The van der Waals surface area contributed by atoms with Crippen molar-refractivity contribution in [2.75, 3.05) is 0 Å². The summed E-state index contributed by atoms with van der Waals surface area (Å²) in [4.78, 5) is 0. The molecule has 0 radical (unpaired) electrons. The average Bonchev–Trinajstić information content (AvgIpc) is 3.19. The molecule has 4 aromatic carbocycles. The predicted molar refractivity (Wildman–Crippen MR) is 119 cm³/mol. The SMILES string of the molecule is Ic1cccc(-c2cc3c4ccccc4n4c5ccccc5c(c2)c34)c1. The summed E-state index contributed by atoms with van der Waals surface area (Å²) in [6, 6.07) is 30.9. The molecule has 0 saturated carbocycles. The third-order valence-electron chi connectivity index (χ3n) is 5.36. The van der Waals surface area contributed by atoms with E-state index in [-0.39, 0.29) is 0 Å². The minimum Gasteiger partial charge on any atom is -0.308 e. The molecule has 2 aromatic heterocycles. The fourth-order valence-corrected chi connectivity index (χ4v) is 4.83. The first kappa shape index (κ1) is 14.6. The summed E-state index contributed by atoms with van der Waals surface area (Å²) >= 11 is 2.39. The number of benzene rings is 4. The van der Waals surface area contributed by atoms with Crippen LogP contribution in [0.1, 0.15) is 0 Å². The lowest BCUT2D eigenvalue weighted by Gasteiger charge is -2.05. The molecule has 0 amide bonds. The van der Waals surface area contributed by atoms with Gasteiger partial charge in [0.25, 0.3) is 0 Å². The molecular weight excluding hydrogens is 429 g/mol. The van der Waals surface area contributed by atoms with Crippen LogP contribution in [0.5, 0.6) is 0 Å². The summed E-state index contributed by atoms with van der Waals surface area (Å²) < 4.78 is 3.69. The quantitative estimate of drug-likeness (QED) is 0.239. The molecule has 6 aromatic rings. The van der Waals surface area contributed by atoms with E-state index in [2.05, 4.69) is 112 Å². The van der Waals surface area contributed by atoms with Gasteiger partial charge in [0.1, 0.15) is 0 Å². The summed E-state index contributed by atoms with van der Waals surface area (Å²) in [5.74, 6) is 0. The number of hydrogen-bond acceptors (Lipinski definition) is 0. The maximum atomic E-state index is 2.42. The van der Waals surface area contributed by atoms with Gasteiger partial charge in [-0.2, -0.15) is 0 Å². The van der Waals surface area contributed by atoms with Crippen LogP contribution in [0, 0.1) is 3.57 Å². The van der Waals surface area contributed by atoms with Crippen molar-refractivity contribution < 1.29 is 0 Å². The van der Waals surface area contributed by atoms with E-state index >= 15 is 0 Å². The highest BCUT2D eigenvalue weighted by molar-refractivity contribution is 14.1. The molecule has 26 heavy (non-hydrogen) atoms. The second-order valence-electron chi connectivity index (χ2n) is 6.80. The maximum absolute atomic E-state index is 2.42. The first-order valence-corrected chi connectivity index (χ1v) is 9.82. The van der Waals surface area contributed by atoms with Crippen molar-refractivity contribution in [3.05, 3.63) is 88.5 Å². The number of halogens is 1. The second kappa shape index (κ2) is 5.21. The Kier molecular flexibility index (Phi) is 2.92. The van der Waals surface area contributed by atoms with E-state index in [1.54, 1.807) is 0 Å². The Morgan fingerprint density at radius 1 is 0.538 bits per heavy atom. The second-order valence-corrected chi connectivity index (χ2v) is 8.05. The molecule has 0 saturated heterocycles. The smallest absolute Gasteiger partial charge is 0.0620 e. The van der Waals surface area contributed by atoms with Gasteiger partial charge in [-0.25, -0.2) is 0 Å². The van der Waals surface area contributed by atoms with Crippen LogP contribution in [0.3, 0.4) is 0 Å². The molecule has 1 nitrogen and oxygen atoms in total. The molecule has 0 aliphatic heterocycles. The summed E-state index contributed by atoms with van der Waals surface area (Å²) in [5, 5.41) is 5.32. The van der Waals surface area contributed by atoms with E-state index in [4.69, 9.17) is 0 Å². The fraction of sp³-hybridized carbons (Fsp3) is 0. The summed E-state index contributed by atoms with van der Waals surface area (Å²) in [7, 11) is 0. The highest BCUT2D eigenvalue weighted by Crippen LogP contribution is 2.41. The average molecular weight is 443 g/mol. The molecule has 0 spiro atoms. The van der Waals surface area contributed by atoms with Crippen LogP contribution < -0.4 is 0 Å². The van der Waals surface area contributed by atoms with Crippen molar-refractivity contribution in [1.82, 2.24) is 4.40 Å². The van der Waals surface area contributed by atoms with Gasteiger partial charge in [0.05, 0.1) is 16.6 Å². The van der Waals surface area contributed by atoms with E-state index in [0.717, 1.165) is 0 Å². The van der Waals surface area contributed by atoms with E-state index < -0.39 is 0 Å². The van der Waals surface area contributed by atoms with E-state index in [1.807, 2.05) is 0 Å². The van der Waals surface area contributed by atoms with Crippen molar-refractivity contribution in [2.45, 2.75) is 0 Å². The molecule has 2 heterocycles. The Bertz CT molecular complexity index is 1360. The Morgan fingerprint density at radius 2 is 1.15 bits per heavy atom. The molecule has 0 aliphatic carbocycles. The van der Waals surface area contributed by atoms with E-state index in [0.29, 0.717) is 0 Å². The van der Waals surface area contributed by atoms with Gasteiger partial charge in [-0.1, -0.05) is 48.5 Å². The topological polar surface area (TPSA) is 4.41 Å². The number of hydrogen-bond donors (Lipinski definition) is 0. The van der Waals surface area contributed by atoms with Crippen LogP contribution in [0.15, 0.2) is 84.9 Å². The normalized spacial score (nSPS) is 12.0. The minimum atomic E-state index is 1.26. The van der Waals surface area contributed by atoms with Gasteiger partial charge in [-0.15, -0.1) is 0 Å². The maximum Gasteiger partial charge on any atom is 0.0620 e. The van der Waals surface area contributed by atoms with Crippen molar-refractivity contribution in [3.63, 3.8) is 0 Å². The molecule has 0 N–H and O–H groups in total. The molecule has 2 heteroatoms. The Balaban J connectivity index is 1.89.